The van der Waals surface area contributed by atoms with Gasteiger partial charge in [-0.2, -0.15) is 15.3 Å². The summed E-state index contributed by atoms with van der Waals surface area (Å²) in [5.41, 5.74) is 2.76. The van der Waals surface area contributed by atoms with Gasteiger partial charge in [-0.15, -0.1) is 0 Å². The molecule has 0 unspecified atom stereocenters. The standard InChI is InChI=1S/C33H42N10O/c1-6-15-33(4,16-10-17-35-30-27(18-34)21-37-31(41-30)40-24(2)3)43(32(44)38-19-25-11-8-7-9-12-25)29-14-13-26(20-36-29)28-22-39-42(5)23-28/h7-9,11-14,20-24H,6,10,15-17,19H2,1-5H3,(H,38,44)(H2,35,37,40,41)/t33-/m1/s1. The van der Waals surface area contributed by atoms with E-state index in [0.717, 1.165) is 36.0 Å². The number of benzene rings is 1. The molecule has 11 nitrogen and oxygen atoms in total. The Morgan fingerprint density at radius 1 is 1.07 bits per heavy atom. The average Bonchev–Trinajstić information content (AvgIpc) is 3.45. The van der Waals surface area contributed by atoms with E-state index >= 15 is 0 Å². The van der Waals surface area contributed by atoms with E-state index in [-0.39, 0.29) is 12.1 Å². The van der Waals surface area contributed by atoms with Gasteiger partial charge in [0.05, 0.1) is 12.4 Å². The molecule has 0 radical (unpaired) electrons. The number of nitrogens with one attached hydrogen (secondary N) is 3. The Balaban J connectivity index is 1.55. The topological polar surface area (TPSA) is 137 Å². The number of rotatable bonds is 14. The third kappa shape index (κ3) is 8.31. The van der Waals surface area contributed by atoms with Crippen LogP contribution in [0.3, 0.4) is 0 Å². The Morgan fingerprint density at radius 2 is 1.86 bits per heavy atom. The summed E-state index contributed by atoms with van der Waals surface area (Å²) in [7, 11) is 1.88. The first-order valence-electron chi connectivity index (χ1n) is 15.1. The van der Waals surface area contributed by atoms with E-state index in [0.29, 0.717) is 42.7 Å². The third-order valence-corrected chi connectivity index (χ3v) is 7.34. The fourth-order valence-corrected chi connectivity index (χ4v) is 5.23. The van der Waals surface area contributed by atoms with E-state index < -0.39 is 5.54 Å². The minimum absolute atomic E-state index is 0.164. The second-order valence-electron chi connectivity index (χ2n) is 11.4. The van der Waals surface area contributed by atoms with Gasteiger partial charge in [0.1, 0.15) is 23.3 Å². The molecule has 230 valence electrons. The molecule has 0 aliphatic heterocycles. The lowest BCUT2D eigenvalue weighted by Gasteiger charge is -2.41. The maximum atomic E-state index is 13.9. The summed E-state index contributed by atoms with van der Waals surface area (Å²) in [5.74, 6) is 1.55. The van der Waals surface area contributed by atoms with Crippen LogP contribution < -0.4 is 20.9 Å². The second-order valence-corrected chi connectivity index (χ2v) is 11.4. The van der Waals surface area contributed by atoms with Crippen LogP contribution in [0.5, 0.6) is 0 Å². The number of nitrogens with zero attached hydrogens (tertiary/aromatic N) is 7. The lowest BCUT2D eigenvalue weighted by Crippen LogP contribution is -2.54. The summed E-state index contributed by atoms with van der Waals surface area (Å²) >= 11 is 0. The van der Waals surface area contributed by atoms with Gasteiger partial charge >= 0.3 is 6.03 Å². The first-order chi connectivity index (χ1) is 21.2. The fraction of sp³-hybridized carbons (Fsp3) is 0.394. The molecule has 0 saturated heterocycles. The van der Waals surface area contributed by atoms with Gasteiger partial charge < -0.3 is 16.0 Å². The van der Waals surface area contributed by atoms with Crippen molar-refractivity contribution in [2.24, 2.45) is 7.05 Å². The number of nitriles is 1. The molecule has 4 rings (SSSR count). The molecule has 0 aliphatic carbocycles. The number of urea groups is 1. The molecule has 44 heavy (non-hydrogen) atoms. The Bertz CT molecular complexity index is 1550. The lowest BCUT2D eigenvalue weighted by molar-refractivity contribution is 0.234. The van der Waals surface area contributed by atoms with Crippen LogP contribution in [0.15, 0.2) is 67.3 Å². The predicted octanol–water partition coefficient (Wildman–Crippen LogP) is 6.13. The fourth-order valence-electron chi connectivity index (χ4n) is 5.23. The van der Waals surface area contributed by atoms with E-state index in [1.54, 1.807) is 17.1 Å². The van der Waals surface area contributed by atoms with Crippen molar-refractivity contribution in [1.29, 1.82) is 5.26 Å². The monoisotopic (exact) mass is 594 g/mol. The van der Waals surface area contributed by atoms with Gasteiger partial charge in [-0.3, -0.25) is 9.58 Å². The van der Waals surface area contributed by atoms with Gasteiger partial charge in [0.2, 0.25) is 5.95 Å². The summed E-state index contributed by atoms with van der Waals surface area (Å²) in [5, 5.41) is 23.5. The molecule has 11 heteroatoms. The van der Waals surface area contributed by atoms with Crippen LogP contribution in [-0.2, 0) is 13.6 Å². The quantitative estimate of drug-likeness (QED) is 0.148. The minimum Gasteiger partial charge on any atom is -0.369 e. The number of aryl methyl sites for hydroxylation is 1. The largest absolute Gasteiger partial charge is 0.369 e. The van der Waals surface area contributed by atoms with Gasteiger partial charge in [0.25, 0.3) is 0 Å². The Hall–Kier alpha value is -4.98. The number of anilines is 3. The van der Waals surface area contributed by atoms with Crippen molar-refractivity contribution in [3.05, 3.63) is 78.4 Å². The van der Waals surface area contributed by atoms with Crippen LogP contribution in [0.2, 0.25) is 0 Å². The Morgan fingerprint density at radius 3 is 2.50 bits per heavy atom. The summed E-state index contributed by atoms with van der Waals surface area (Å²) in [6, 6.07) is 15.9. The number of aromatic nitrogens is 5. The summed E-state index contributed by atoms with van der Waals surface area (Å²) < 4.78 is 1.75. The lowest BCUT2D eigenvalue weighted by atomic mass is 9.88. The smallest absolute Gasteiger partial charge is 0.323 e. The predicted molar refractivity (Wildman–Crippen MR) is 174 cm³/mol. The number of hydrogen-bond acceptors (Lipinski definition) is 8. The van der Waals surface area contributed by atoms with E-state index in [1.807, 2.05) is 74.5 Å². The van der Waals surface area contributed by atoms with Crippen LogP contribution in [0.25, 0.3) is 11.1 Å². The van der Waals surface area contributed by atoms with Crippen LogP contribution in [-0.4, -0.2) is 48.9 Å². The van der Waals surface area contributed by atoms with Crippen molar-refractivity contribution in [2.75, 3.05) is 22.1 Å². The molecular formula is C33H42N10O. The highest BCUT2D eigenvalue weighted by Crippen LogP contribution is 2.32. The Labute approximate surface area is 259 Å². The molecular weight excluding hydrogens is 552 g/mol. The van der Waals surface area contributed by atoms with Gasteiger partial charge in [-0.1, -0.05) is 43.7 Å². The molecule has 3 aromatic heterocycles. The second kappa shape index (κ2) is 15.0. The van der Waals surface area contributed by atoms with Gasteiger partial charge in [0, 0.05) is 55.2 Å². The van der Waals surface area contributed by atoms with Crippen LogP contribution in [0.4, 0.5) is 22.4 Å². The summed E-state index contributed by atoms with van der Waals surface area (Å²) in [6.45, 7) is 9.23. The number of pyridine rings is 1. The highest BCUT2D eigenvalue weighted by Gasteiger charge is 2.36. The van der Waals surface area contributed by atoms with E-state index in [9.17, 15) is 10.1 Å². The normalized spacial score (nSPS) is 12.3. The zero-order valence-corrected chi connectivity index (χ0v) is 26.2. The number of amides is 2. The molecule has 4 aromatic rings. The van der Waals surface area contributed by atoms with E-state index in [2.05, 4.69) is 50.9 Å². The highest BCUT2D eigenvalue weighted by molar-refractivity contribution is 5.92. The highest BCUT2D eigenvalue weighted by atomic mass is 16.2. The zero-order valence-electron chi connectivity index (χ0n) is 26.2. The van der Waals surface area contributed by atoms with Crippen molar-refractivity contribution >= 4 is 23.6 Å². The number of hydrogen-bond donors (Lipinski definition) is 3. The molecule has 1 aromatic carbocycles. The number of carbonyl (C=O) groups is 1. The molecule has 0 bridgehead atoms. The SMILES string of the molecule is CCC[C@](C)(CCCNc1nc(NC(C)C)ncc1C#N)N(C(=O)NCc1ccccc1)c1ccc(-c2cnn(C)c2)cn1. The molecule has 0 spiro atoms. The van der Waals surface area contributed by atoms with Gasteiger partial charge in [0.15, 0.2) is 0 Å². The summed E-state index contributed by atoms with van der Waals surface area (Å²) in [6.07, 6.45) is 10.1. The molecule has 2 amide bonds. The van der Waals surface area contributed by atoms with Gasteiger partial charge in [-0.25, -0.2) is 14.8 Å². The van der Waals surface area contributed by atoms with Crippen molar-refractivity contribution < 1.29 is 4.79 Å². The first kappa shape index (κ1) is 31.9. The zero-order chi connectivity index (χ0) is 31.5. The van der Waals surface area contributed by atoms with Gasteiger partial charge in [-0.05, 0) is 57.7 Å². The van der Waals surface area contributed by atoms with Crippen LogP contribution >= 0.6 is 0 Å². The van der Waals surface area contributed by atoms with Crippen molar-refractivity contribution in [1.82, 2.24) is 30.0 Å². The van der Waals surface area contributed by atoms with Crippen LogP contribution in [0, 0.1) is 11.3 Å². The van der Waals surface area contributed by atoms with Crippen molar-refractivity contribution in [3.63, 3.8) is 0 Å². The maximum absolute atomic E-state index is 13.9. The first-order valence-corrected chi connectivity index (χ1v) is 15.1. The van der Waals surface area contributed by atoms with Crippen molar-refractivity contribution in [2.45, 2.75) is 71.5 Å². The van der Waals surface area contributed by atoms with Crippen LogP contribution in [0.1, 0.15) is 64.5 Å². The molecule has 0 saturated carbocycles. The Kier molecular flexibility index (Phi) is 10.9. The molecule has 0 aliphatic rings. The average molecular weight is 595 g/mol. The maximum Gasteiger partial charge on any atom is 0.323 e. The minimum atomic E-state index is -0.534. The third-order valence-electron chi connectivity index (χ3n) is 7.34. The van der Waals surface area contributed by atoms with E-state index in [1.165, 1.54) is 6.20 Å². The summed E-state index contributed by atoms with van der Waals surface area (Å²) in [4.78, 5) is 29.3. The molecule has 0 fully saturated rings. The van der Waals surface area contributed by atoms with E-state index in [4.69, 9.17) is 4.98 Å². The molecule has 1 atom stereocenters. The molecule has 3 N–H and O–H groups in total. The number of carbonyl (C=O) groups excluding carboxylic acids is 1. The molecule has 3 heterocycles. The van der Waals surface area contributed by atoms with Crippen molar-refractivity contribution in [3.8, 4) is 17.2 Å².